The van der Waals surface area contributed by atoms with E-state index in [1.807, 2.05) is 0 Å². The van der Waals surface area contributed by atoms with Crippen molar-refractivity contribution in [1.29, 1.82) is 0 Å². The van der Waals surface area contributed by atoms with Gasteiger partial charge in [0.2, 0.25) is 0 Å². The van der Waals surface area contributed by atoms with Gasteiger partial charge in [0, 0.05) is 24.6 Å². The average Bonchev–Trinajstić information content (AvgIpc) is 2.72. The van der Waals surface area contributed by atoms with Gasteiger partial charge in [-0.1, -0.05) is 24.6 Å². The predicted molar refractivity (Wildman–Crippen MR) is 67.5 cm³/mol. The van der Waals surface area contributed by atoms with Gasteiger partial charge >= 0.3 is 0 Å². The Kier molecular flexibility index (Phi) is 2.75. The van der Waals surface area contributed by atoms with Crippen LogP contribution in [0.2, 0.25) is 0 Å². The van der Waals surface area contributed by atoms with Crippen molar-refractivity contribution in [1.82, 2.24) is 5.32 Å². The van der Waals surface area contributed by atoms with E-state index in [0.29, 0.717) is 6.04 Å². The highest BCUT2D eigenvalue weighted by atomic mass is 14.9. The van der Waals surface area contributed by atoms with E-state index >= 15 is 0 Å². The molecule has 1 aromatic rings. The van der Waals surface area contributed by atoms with E-state index in [1.54, 1.807) is 0 Å². The van der Waals surface area contributed by atoms with Crippen molar-refractivity contribution in [2.45, 2.75) is 38.1 Å². The lowest BCUT2D eigenvalue weighted by Crippen LogP contribution is -2.35. The maximum atomic E-state index is 4.72. The van der Waals surface area contributed by atoms with Crippen LogP contribution in [0.4, 0.5) is 5.69 Å². The van der Waals surface area contributed by atoms with Gasteiger partial charge < -0.3 is 5.32 Å². The quantitative estimate of drug-likeness (QED) is 0.804. The first-order chi connectivity index (χ1) is 7.92. The molecular formula is C14H18N2. The van der Waals surface area contributed by atoms with E-state index in [2.05, 4.69) is 29.6 Å². The summed E-state index contributed by atoms with van der Waals surface area (Å²) in [5.74, 6) is 0. The fraction of sp³-hybridized carbons (Fsp3) is 0.500. The Hall–Kier alpha value is -1.15. The van der Waals surface area contributed by atoms with Crippen molar-refractivity contribution in [2.75, 3.05) is 6.54 Å². The lowest BCUT2D eigenvalue weighted by Gasteiger charge is -2.23. The topological polar surface area (TPSA) is 24.4 Å². The number of hydrogen-bond donors (Lipinski definition) is 1. The molecule has 0 radical (unpaired) electrons. The average molecular weight is 214 g/mol. The number of nitrogens with one attached hydrogen (secondary N) is 1. The van der Waals surface area contributed by atoms with Crippen molar-refractivity contribution < 1.29 is 0 Å². The fourth-order valence-corrected chi connectivity index (χ4v) is 2.70. The first-order valence-corrected chi connectivity index (χ1v) is 6.29. The molecule has 2 heteroatoms. The van der Waals surface area contributed by atoms with Gasteiger partial charge in [-0.3, -0.25) is 4.99 Å². The molecule has 16 heavy (non-hydrogen) atoms. The first kappa shape index (κ1) is 10.0. The highest BCUT2D eigenvalue weighted by Crippen LogP contribution is 2.27. The minimum atomic E-state index is 0.668. The third-order valence-electron chi connectivity index (χ3n) is 3.56. The number of fused-ring (bicyclic) bond motifs is 1. The largest absolute Gasteiger partial charge is 0.314 e. The number of benzene rings is 1. The molecule has 0 amide bonds. The van der Waals surface area contributed by atoms with Gasteiger partial charge in [-0.2, -0.15) is 0 Å². The molecule has 1 N–H and O–H groups in total. The van der Waals surface area contributed by atoms with Crippen molar-refractivity contribution in [3.63, 3.8) is 0 Å². The van der Waals surface area contributed by atoms with Gasteiger partial charge in [0.05, 0.1) is 5.69 Å². The SMILES string of the molecule is c1ccc2c(c1)CC(CC1CCCCN1)=N2. The second-order valence-electron chi connectivity index (χ2n) is 4.83. The Bertz CT molecular complexity index is 403. The van der Waals surface area contributed by atoms with Gasteiger partial charge in [-0.25, -0.2) is 0 Å². The van der Waals surface area contributed by atoms with Crippen LogP contribution in [0, 0.1) is 0 Å². The van der Waals surface area contributed by atoms with Gasteiger partial charge in [-0.15, -0.1) is 0 Å². The zero-order valence-corrected chi connectivity index (χ0v) is 9.58. The van der Waals surface area contributed by atoms with E-state index in [-0.39, 0.29) is 0 Å². The molecule has 1 saturated heterocycles. The molecular weight excluding hydrogens is 196 g/mol. The fourth-order valence-electron chi connectivity index (χ4n) is 2.70. The summed E-state index contributed by atoms with van der Waals surface area (Å²) in [4.78, 5) is 4.72. The Balaban J connectivity index is 1.66. The second-order valence-corrected chi connectivity index (χ2v) is 4.83. The summed E-state index contributed by atoms with van der Waals surface area (Å²) in [6.45, 7) is 1.19. The standard InChI is InChI=1S/C14H18N2/c1-2-7-14-11(5-1)9-13(16-14)10-12-6-3-4-8-15-12/h1-2,5,7,12,15H,3-4,6,8-10H2. The highest BCUT2D eigenvalue weighted by molar-refractivity contribution is 5.94. The summed E-state index contributed by atoms with van der Waals surface area (Å²) in [6, 6.07) is 9.17. The van der Waals surface area contributed by atoms with Crippen LogP contribution in [0.3, 0.4) is 0 Å². The van der Waals surface area contributed by atoms with Crippen molar-refractivity contribution in [3.8, 4) is 0 Å². The normalized spacial score (nSPS) is 24.0. The van der Waals surface area contributed by atoms with Gasteiger partial charge in [0.15, 0.2) is 0 Å². The molecule has 2 nitrogen and oxygen atoms in total. The third-order valence-corrected chi connectivity index (χ3v) is 3.56. The Labute approximate surface area is 96.8 Å². The minimum absolute atomic E-state index is 0.668. The summed E-state index contributed by atoms with van der Waals surface area (Å²) in [5.41, 5.74) is 3.95. The van der Waals surface area contributed by atoms with E-state index in [4.69, 9.17) is 4.99 Å². The van der Waals surface area contributed by atoms with E-state index in [1.165, 1.54) is 42.8 Å². The molecule has 3 rings (SSSR count). The zero-order valence-electron chi connectivity index (χ0n) is 9.58. The number of para-hydroxylation sites is 1. The van der Waals surface area contributed by atoms with Gasteiger partial charge in [-0.05, 0) is 31.0 Å². The Morgan fingerprint density at radius 2 is 2.19 bits per heavy atom. The van der Waals surface area contributed by atoms with Gasteiger partial charge in [0.1, 0.15) is 0 Å². The minimum Gasteiger partial charge on any atom is -0.314 e. The Morgan fingerprint density at radius 1 is 1.25 bits per heavy atom. The second kappa shape index (κ2) is 4.38. The van der Waals surface area contributed by atoms with Crippen LogP contribution in [-0.2, 0) is 6.42 Å². The number of nitrogens with zero attached hydrogens (tertiary/aromatic N) is 1. The van der Waals surface area contributed by atoms with Crippen LogP contribution in [0.1, 0.15) is 31.2 Å². The lowest BCUT2D eigenvalue weighted by molar-refractivity contribution is 0.409. The molecule has 1 atom stereocenters. The van der Waals surface area contributed by atoms with Crippen LogP contribution < -0.4 is 5.32 Å². The molecule has 2 aliphatic rings. The molecule has 1 fully saturated rings. The van der Waals surface area contributed by atoms with Crippen molar-refractivity contribution >= 4 is 11.4 Å². The number of rotatable bonds is 2. The molecule has 0 bridgehead atoms. The summed E-state index contributed by atoms with van der Waals surface area (Å²) in [5, 5.41) is 3.59. The van der Waals surface area contributed by atoms with Crippen LogP contribution in [-0.4, -0.2) is 18.3 Å². The Morgan fingerprint density at radius 3 is 3.00 bits per heavy atom. The van der Waals surface area contributed by atoms with E-state index in [0.717, 1.165) is 12.8 Å². The van der Waals surface area contributed by atoms with Crippen LogP contribution in [0.5, 0.6) is 0 Å². The van der Waals surface area contributed by atoms with Crippen LogP contribution >= 0.6 is 0 Å². The van der Waals surface area contributed by atoms with Crippen molar-refractivity contribution in [3.05, 3.63) is 29.8 Å². The monoisotopic (exact) mass is 214 g/mol. The molecule has 2 aliphatic heterocycles. The van der Waals surface area contributed by atoms with Gasteiger partial charge in [0.25, 0.3) is 0 Å². The van der Waals surface area contributed by atoms with E-state index < -0.39 is 0 Å². The van der Waals surface area contributed by atoms with Crippen molar-refractivity contribution in [2.24, 2.45) is 4.99 Å². The first-order valence-electron chi connectivity index (χ1n) is 6.29. The molecule has 1 aromatic carbocycles. The molecule has 0 saturated carbocycles. The number of piperidine rings is 1. The molecule has 0 aliphatic carbocycles. The smallest absolute Gasteiger partial charge is 0.0664 e. The maximum absolute atomic E-state index is 4.72. The lowest BCUT2D eigenvalue weighted by atomic mass is 9.98. The summed E-state index contributed by atoms with van der Waals surface area (Å²) in [7, 11) is 0. The summed E-state index contributed by atoms with van der Waals surface area (Å²) in [6.07, 6.45) is 6.22. The molecule has 0 spiro atoms. The third kappa shape index (κ3) is 2.03. The molecule has 2 heterocycles. The molecule has 0 aromatic heterocycles. The van der Waals surface area contributed by atoms with Crippen LogP contribution in [0.15, 0.2) is 29.3 Å². The summed E-state index contributed by atoms with van der Waals surface area (Å²) >= 11 is 0. The number of aliphatic imine (C=N–C) groups is 1. The highest BCUT2D eigenvalue weighted by Gasteiger charge is 2.19. The van der Waals surface area contributed by atoms with Crippen LogP contribution in [0.25, 0.3) is 0 Å². The summed E-state index contributed by atoms with van der Waals surface area (Å²) < 4.78 is 0. The predicted octanol–water partition coefficient (Wildman–Crippen LogP) is 2.85. The molecule has 84 valence electrons. The molecule has 1 unspecified atom stereocenters. The zero-order chi connectivity index (χ0) is 10.8. The number of hydrogen-bond acceptors (Lipinski definition) is 2. The van der Waals surface area contributed by atoms with E-state index in [9.17, 15) is 0 Å². The maximum Gasteiger partial charge on any atom is 0.0664 e.